The monoisotopic (exact) mass is 727 g/mol. The second kappa shape index (κ2) is 19.3. The van der Waals surface area contributed by atoms with E-state index in [4.69, 9.17) is 37.9 Å². The van der Waals surface area contributed by atoms with E-state index in [-0.39, 0.29) is 58.1 Å². The van der Waals surface area contributed by atoms with Crippen LogP contribution in [0.4, 0.5) is 9.59 Å². The third-order valence-corrected chi connectivity index (χ3v) is 8.92. The zero-order valence-electron chi connectivity index (χ0n) is 29.7. The van der Waals surface area contributed by atoms with E-state index < -0.39 is 48.3 Å². The van der Waals surface area contributed by atoms with Crippen molar-refractivity contribution in [2.45, 2.75) is 95.0 Å². The van der Waals surface area contributed by atoms with Gasteiger partial charge >= 0.3 is 18.2 Å². The average Bonchev–Trinajstić information content (AvgIpc) is 3.61. The molecule has 3 aliphatic heterocycles. The molecule has 3 N–H and O–H groups in total. The van der Waals surface area contributed by atoms with Gasteiger partial charge in [-0.3, -0.25) is 4.79 Å². The van der Waals surface area contributed by atoms with Crippen LogP contribution in [-0.2, 0) is 51.0 Å². The van der Waals surface area contributed by atoms with Crippen molar-refractivity contribution in [3.63, 3.8) is 0 Å². The van der Waals surface area contributed by atoms with Gasteiger partial charge in [-0.15, -0.1) is 0 Å². The van der Waals surface area contributed by atoms with E-state index in [1.54, 1.807) is 26.2 Å². The smallest absolute Gasteiger partial charge is 0.407 e. The van der Waals surface area contributed by atoms with Crippen LogP contribution in [0.1, 0.15) is 63.0 Å². The minimum Gasteiger partial charge on any atom is -0.464 e. The zero-order chi connectivity index (χ0) is 36.8. The minimum atomic E-state index is -1.12. The van der Waals surface area contributed by atoms with Gasteiger partial charge in [0.1, 0.15) is 18.8 Å². The Labute approximate surface area is 303 Å². The number of ether oxygens (including phenoxy) is 8. The Hall–Kier alpha value is -4.60. The highest BCUT2D eigenvalue weighted by molar-refractivity contribution is 5.84. The lowest BCUT2D eigenvalue weighted by molar-refractivity contribution is -0.329. The molecule has 52 heavy (non-hydrogen) atoms. The molecule has 3 amide bonds. The molecule has 0 saturated carbocycles. The summed E-state index contributed by atoms with van der Waals surface area (Å²) in [6.07, 6.45) is 0.309. The largest absolute Gasteiger partial charge is 0.464 e. The molecule has 5 atom stereocenters. The molecule has 2 fully saturated rings. The summed E-state index contributed by atoms with van der Waals surface area (Å²) in [6, 6.07) is 14.0. The first-order valence-electron chi connectivity index (χ1n) is 17.8. The summed E-state index contributed by atoms with van der Waals surface area (Å²) >= 11 is 0. The molecule has 0 bridgehead atoms. The second-order valence-electron chi connectivity index (χ2n) is 12.9. The Bertz CT molecular complexity index is 1490. The van der Waals surface area contributed by atoms with E-state index in [1.165, 1.54) is 0 Å². The molecule has 2 aromatic carbocycles. The fraction of sp³-hybridized carbons (Fsp3) is 0.568. The minimum absolute atomic E-state index is 0.00913. The summed E-state index contributed by atoms with van der Waals surface area (Å²) in [4.78, 5) is 51.2. The lowest BCUT2D eigenvalue weighted by Crippen LogP contribution is -2.54. The molecule has 5 rings (SSSR count). The summed E-state index contributed by atoms with van der Waals surface area (Å²) in [5, 5.41) is 8.24. The lowest BCUT2D eigenvalue weighted by Gasteiger charge is -2.47. The number of alkyl carbamates (subject to hydrolysis) is 2. The highest BCUT2D eigenvalue weighted by Gasteiger charge is 2.47. The summed E-state index contributed by atoms with van der Waals surface area (Å²) in [5.74, 6) is -0.717. The van der Waals surface area contributed by atoms with Gasteiger partial charge in [-0.1, -0.05) is 36.4 Å². The molecule has 0 aromatic heterocycles. The second-order valence-corrected chi connectivity index (χ2v) is 12.9. The molecule has 0 aliphatic carbocycles. The maximum Gasteiger partial charge on any atom is 0.407 e. The van der Waals surface area contributed by atoms with E-state index >= 15 is 0 Å². The van der Waals surface area contributed by atoms with Crippen molar-refractivity contribution in [1.82, 2.24) is 16.0 Å². The van der Waals surface area contributed by atoms with Crippen molar-refractivity contribution in [2.75, 3.05) is 40.3 Å². The van der Waals surface area contributed by atoms with Crippen molar-refractivity contribution in [3.05, 3.63) is 59.7 Å². The Morgan fingerprint density at radius 1 is 0.942 bits per heavy atom. The first-order chi connectivity index (χ1) is 25.2. The van der Waals surface area contributed by atoms with Gasteiger partial charge in [0, 0.05) is 52.3 Å². The zero-order valence-corrected chi connectivity index (χ0v) is 29.7. The van der Waals surface area contributed by atoms with Crippen LogP contribution >= 0.6 is 0 Å². The maximum atomic E-state index is 13.2. The van der Waals surface area contributed by atoms with Crippen molar-refractivity contribution in [1.29, 1.82) is 0 Å². The topological polar surface area (TPSA) is 178 Å². The van der Waals surface area contributed by atoms with Crippen LogP contribution in [0.25, 0.3) is 0 Å². The Kier molecular flexibility index (Phi) is 14.3. The van der Waals surface area contributed by atoms with Crippen LogP contribution in [-0.4, -0.2) is 94.5 Å². The van der Waals surface area contributed by atoms with Crippen LogP contribution in [0.3, 0.4) is 0 Å². The number of hydrogen-bond donors (Lipinski definition) is 3. The first kappa shape index (κ1) is 38.6. The Morgan fingerprint density at radius 3 is 2.56 bits per heavy atom. The number of methoxy groups -OCH3 is 1. The van der Waals surface area contributed by atoms with Gasteiger partial charge in [0.2, 0.25) is 12.7 Å². The predicted molar refractivity (Wildman–Crippen MR) is 184 cm³/mol. The van der Waals surface area contributed by atoms with E-state index in [9.17, 15) is 19.2 Å². The fourth-order valence-corrected chi connectivity index (χ4v) is 6.50. The normalized spacial score (nSPS) is 22.5. The average molecular weight is 728 g/mol. The van der Waals surface area contributed by atoms with Gasteiger partial charge in [-0.25, -0.2) is 14.4 Å². The number of fused-ring (bicyclic) bond motifs is 1. The van der Waals surface area contributed by atoms with E-state index in [0.717, 1.165) is 17.5 Å². The molecule has 15 nitrogen and oxygen atoms in total. The van der Waals surface area contributed by atoms with Crippen molar-refractivity contribution < 1.29 is 57.1 Å². The van der Waals surface area contributed by atoms with Gasteiger partial charge in [0.15, 0.2) is 17.3 Å². The van der Waals surface area contributed by atoms with E-state index in [2.05, 4.69) is 16.0 Å². The number of nitrogens with one attached hydrogen (secondary N) is 3. The summed E-state index contributed by atoms with van der Waals surface area (Å²) in [7, 11) is 1.54. The number of benzene rings is 2. The first-order valence-corrected chi connectivity index (χ1v) is 17.8. The van der Waals surface area contributed by atoms with Crippen molar-refractivity contribution in [2.24, 2.45) is 0 Å². The van der Waals surface area contributed by atoms with Crippen molar-refractivity contribution >= 4 is 24.1 Å². The summed E-state index contributed by atoms with van der Waals surface area (Å²) in [6.45, 7) is 2.94. The molecule has 284 valence electrons. The number of rotatable bonds is 16. The molecule has 3 heterocycles. The molecule has 2 aromatic rings. The van der Waals surface area contributed by atoms with Crippen LogP contribution < -0.4 is 25.4 Å². The van der Waals surface area contributed by atoms with Crippen LogP contribution in [0.5, 0.6) is 11.5 Å². The molecule has 0 radical (unpaired) electrons. The van der Waals surface area contributed by atoms with Crippen LogP contribution in [0.2, 0.25) is 0 Å². The molecule has 3 aliphatic rings. The predicted octanol–water partition coefficient (Wildman–Crippen LogP) is 3.90. The Morgan fingerprint density at radius 2 is 1.75 bits per heavy atom. The number of carbonyl (C=O) groups excluding carboxylic acids is 4. The molecular weight excluding hydrogens is 678 g/mol. The van der Waals surface area contributed by atoms with Crippen molar-refractivity contribution in [3.8, 4) is 11.5 Å². The number of esters is 1. The van der Waals surface area contributed by atoms with Gasteiger partial charge in [0.05, 0.1) is 25.4 Å². The van der Waals surface area contributed by atoms with E-state index in [1.807, 2.05) is 36.4 Å². The number of amides is 3. The standard InChI is InChI=1S/C37H49N3O12/c1-3-46-34(42)30(18-25-8-5-4-6-9-25)40-33(41)14-12-27-20-29(50-36(44)39-22-26-11-13-31-32(19-26)49-24-48-31)21-37(51-27)15-7-10-28(52-37)23-47-35(43)38-16-17-45-2/h4-6,8-9,11,13,19,27-30H,3,7,10,12,14-18,20-24H2,1-2H3,(H,38,43)(H,39,44)(H,40,41)/t27?,28?,29?,30-,37?/m0/s1. The van der Waals surface area contributed by atoms with Gasteiger partial charge < -0.3 is 53.8 Å². The molecule has 4 unspecified atom stereocenters. The van der Waals surface area contributed by atoms with E-state index in [0.29, 0.717) is 43.9 Å². The number of carbonyl (C=O) groups is 4. The highest BCUT2D eigenvalue weighted by Crippen LogP contribution is 2.41. The van der Waals surface area contributed by atoms with Gasteiger partial charge in [-0.2, -0.15) is 0 Å². The molecule has 15 heteroatoms. The summed E-state index contributed by atoms with van der Waals surface area (Å²) in [5.41, 5.74) is 1.70. The SMILES string of the molecule is CCOC(=O)[C@H](Cc1ccccc1)NC(=O)CCC1CC(OC(=O)NCc2ccc3c(c2)OCO3)CC2(CCCC(COC(=O)NCCOC)O2)O1. The molecule has 2 saturated heterocycles. The quantitative estimate of drug-likeness (QED) is 0.129. The maximum absolute atomic E-state index is 13.2. The van der Waals surface area contributed by atoms with Gasteiger partial charge in [0.25, 0.3) is 0 Å². The lowest BCUT2D eigenvalue weighted by atomic mass is 9.90. The number of hydrogen-bond acceptors (Lipinski definition) is 12. The molecular formula is C37H49N3O12. The highest BCUT2D eigenvalue weighted by atomic mass is 16.7. The third kappa shape index (κ3) is 11.7. The summed E-state index contributed by atoms with van der Waals surface area (Å²) < 4.78 is 45.3. The van der Waals surface area contributed by atoms with Crippen LogP contribution in [0.15, 0.2) is 48.5 Å². The molecule has 1 spiro atoms. The van der Waals surface area contributed by atoms with Crippen LogP contribution in [0, 0.1) is 0 Å². The fourth-order valence-electron chi connectivity index (χ4n) is 6.50. The Balaban J connectivity index is 1.20. The van der Waals surface area contributed by atoms with Gasteiger partial charge in [-0.05, 0) is 49.4 Å². The third-order valence-electron chi connectivity index (χ3n) is 8.92.